The van der Waals surface area contributed by atoms with Crippen molar-refractivity contribution in [2.75, 3.05) is 19.0 Å². The first-order valence-electron chi connectivity index (χ1n) is 8.38. The number of hydrogen-bond acceptors (Lipinski definition) is 6. The lowest BCUT2D eigenvalue weighted by atomic mass is 9.78. The van der Waals surface area contributed by atoms with Crippen LogP contribution in [0.3, 0.4) is 0 Å². The fourth-order valence-corrected chi connectivity index (χ4v) is 3.52. The number of anilines is 1. The molecule has 2 aliphatic heterocycles. The Bertz CT molecular complexity index is 877. The number of ether oxygens (including phenoxy) is 2. The van der Waals surface area contributed by atoms with Crippen LogP contribution in [-0.4, -0.2) is 41.9 Å². The third-order valence-corrected chi connectivity index (χ3v) is 4.82. The highest BCUT2D eigenvalue weighted by Gasteiger charge is 2.44. The SMILES string of the molecule is COc1ccc2c(c1)NC1=C(C(=O)[C@H](O)[C@@H](CO)O1)[C@H]2c1ccccc1. The van der Waals surface area contributed by atoms with E-state index in [9.17, 15) is 15.0 Å². The Balaban J connectivity index is 1.90. The Morgan fingerprint density at radius 1 is 1.19 bits per heavy atom. The van der Waals surface area contributed by atoms with Gasteiger partial charge in [-0.05, 0) is 17.2 Å². The minimum Gasteiger partial charge on any atom is -0.497 e. The number of Topliss-reactive ketones (excluding diaryl/α,β-unsaturated/α-hetero) is 1. The fraction of sp³-hybridized carbons (Fsp3) is 0.250. The second kappa shape index (κ2) is 6.48. The number of benzene rings is 2. The summed E-state index contributed by atoms with van der Waals surface area (Å²) in [5.74, 6) is 0.130. The van der Waals surface area contributed by atoms with Gasteiger partial charge in [-0.25, -0.2) is 0 Å². The lowest BCUT2D eigenvalue weighted by molar-refractivity contribution is -0.136. The van der Waals surface area contributed by atoms with Gasteiger partial charge in [-0.1, -0.05) is 36.4 Å². The molecule has 0 spiro atoms. The minimum atomic E-state index is -1.40. The van der Waals surface area contributed by atoms with Crippen LogP contribution in [0.4, 0.5) is 5.69 Å². The van der Waals surface area contributed by atoms with Crippen molar-refractivity contribution in [3.63, 3.8) is 0 Å². The van der Waals surface area contributed by atoms with Crippen LogP contribution in [0, 0.1) is 0 Å². The first-order valence-corrected chi connectivity index (χ1v) is 8.38. The predicted octanol–water partition coefficient (Wildman–Crippen LogP) is 1.79. The van der Waals surface area contributed by atoms with Crippen LogP contribution in [-0.2, 0) is 9.53 Å². The molecule has 3 N–H and O–H groups in total. The number of ketones is 1. The van der Waals surface area contributed by atoms with Gasteiger partial charge in [-0.2, -0.15) is 0 Å². The Morgan fingerprint density at radius 3 is 2.65 bits per heavy atom. The van der Waals surface area contributed by atoms with Crippen molar-refractivity contribution in [2.24, 2.45) is 0 Å². The zero-order valence-corrected chi connectivity index (χ0v) is 14.2. The van der Waals surface area contributed by atoms with E-state index in [4.69, 9.17) is 9.47 Å². The summed E-state index contributed by atoms with van der Waals surface area (Å²) in [5, 5.41) is 22.8. The third-order valence-electron chi connectivity index (χ3n) is 4.82. The van der Waals surface area contributed by atoms with Crippen molar-refractivity contribution in [1.29, 1.82) is 0 Å². The van der Waals surface area contributed by atoms with Gasteiger partial charge in [0.1, 0.15) is 5.75 Å². The van der Waals surface area contributed by atoms with Crippen molar-refractivity contribution in [2.45, 2.75) is 18.1 Å². The molecule has 0 unspecified atom stereocenters. The van der Waals surface area contributed by atoms with Crippen LogP contribution in [0.2, 0.25) is 0 Å². The normalized spacial score (nSPS) is 24.3. The number of hydrogen-bond donors (Lipinski definition) is 3. The fourth-order valence-electron chi connectivity index (χ4n) is 3.52. The number of nitrogens with one attached hydrogen (secondary N) is 1. The van der Waals surface area contributed by atoms with Gasteiger partial charge in [-0.3, -0.25) is 4.79 Å². The molecule has 0 radical (unpaired) electrons. The van der Waals surface area contributed by atoms with Crippen LogP contribution in [0.25, 0.3) is 0 Å². The molecule has 0 saturated carbocycles. The zero-order valence-electron chi connectivity index (χ0n) is 14.2. The molecule has 0 fully saturated rings. The summed E-state index contributed by atoms with van der Waals surface area (Å²) in [5.41, 5.74) is 2.94. The molecule has 26 heavy (non-hydrogen) atoms. The average molecular weight is 353 g/mol. The number of aliphatic hydroxyl groups excluding tert-OH is 2. The van der Waals surface area contributed by atoms with E-state index in [1.165, 1.54) is 0 Å². The number of aliphatic hydroxyl groups is 2. The van der Waals surface area contributed by atoms with Crippen LogP contribution in [0.5, 0.6) is 5.75 Å². The molecule has 2 aromatic rings. The highest BCUT2D eigenvalue weighted by atomic mass is 16.5. The van der Waals surface area contributed by atoms with Gasteiger partial charge >= 0.3 is 0 Å². The van der Waals surface area contributed by atoms with Crippen molar-refractivity contribution in [3.05, 3.63) is 71.1 Å². The van der Waals surface area contributed by atoms with E-state index in [-0.39, 0.29) is 11.8 Å². The molecule has 6 heteroatoms. The van der Waals surface area contributed by atoms with E-state index in [0.29, 0.717) is 11.3 Å². The lowest BCUT2D eigenvalue weighted by Gasteiger charge is -2.37. The van der Waals surface area contributed by atoms with E-state index >= 15 is 0 Å². The smallest absolute Gasteiger partial charge is 0.199 e. The minimum absolute atomic E-state index is 0.272. The summed E-state index contributed by atoms with van der Waals surface area (Å²) in [4.78, 5) is 12.9. The van der Waals surface area contributed by atoms with Crippen molar-refractivity contribution in [3.8, 4) is 5.75 Å². The maximum absolute atomic E-state index is 12.9. The predicted molar refractivity (Wildman–Crippen MR) is 94.9 cm³/mol. The van der Waals surface area contributed by atoms with Crippen LogP contribution in [0.15, 0.2) is 60.0 Å². The van der Waals surface area contributed by atoms with Crippen LogP contribution >= 0.6 is 0 Å². The number of methoxy groups -OCH3 is 1. The van der Waals surface area contributed by atoms with Gasteiger partial charge in [-0.15, -0.1) is 0 Å². The van der Waals surface area contributed by atoms with Crippen LogP contribution in [0.1, 0.15) is 17.0 Å². The van der Waals surface area contributed by atoms with Crippen LogP contribution < -0.4 is 10.1 Å². The Kier molecular flexibility index (Phi) is 4.14. The molecule has 6 nitrogen and oxygen atoms in total. The molecular weight excluding hydrogens is 334 g/mol. The van der Waals surface area contributed by atoms with Crippen molar-refractivity contribution >= 4 is 11.5 Å². The second-order valence-electron chi connectivity index (χ2n) is 6.31. The highest BCUT2D eigenvalue weighted by molar-refractivity contribution is 6.03. The summed E-state index contributed by atoms with van der Waals surface area (Å²) in [6.45, 7) is -0.452. The standard InChI is InChI=1S/C20H19NO5/c1-25-12-7-8-13-14(9-12)21-20-17(16(13)11-5-3-2-4-6-11)19(24)18(23)15(10-22)26-20/h2-9,15-16,18,21-23H,10H2,1H3/t15-,16+,18-/m1/s1. The summed E-state index contributed by atoms with van der Waals surface area (Å²) in [7, 11) is 1.59. The molecule has 0 amide bonds. The number of rotatable bonds is 3. The van der Waals surface area contributed by atoms with E-state index in [1.807, 2.05) is 48.5 Å². The van der Waals surface area contributed by atoms with Gasteiger partial charge in [0.2, 0.25) is 0 Å². The largest absolute Gasteiger partial charge is 0.497 e. The maximum atomic E-state index is 12.9. The van der Waals surface area contributed by atoms with Gasteiger partial charge in [0.05, 0.1) is 19.3 Å². The first kappa shape index (κ1) is 16.6. The number of fused-ring (bicyclic) bond motifs is 1. The highest BCUT2D eigenvalue weighted by Crippen LogP contribution is 2.45. The third kappa shape index (κ3) is 2.55. The molecule has 3 atom stereocenters. The van der Waals surface area contributed by atoms with Crippen molar-refractivity contribution in [1.82, 2.24) is 0 Å². The quantitative estimate of drug-likeness (QED) is 0.780. The number of carbonyl (C=O) groups excluding carboxylic acids is 1. The van der Waals surface area contributed by atoms with Gasteiger partial charge in [0, 0.05) is 17.7 Å². The molecule has 0 aromatic heterocycles. The second-order valence-corrected chi connectivity index (χ2v) is 6.31. The van der Waals surface area contributed by atoms with E-state index in [0.717, 1.165) is 16.8 Å². The molecule has 2 aliphatic rings. The summed E-state index contributed by atoms with van der Waals surface area (Å²) in [6, 6.07) is 15.2. The Hall–Kier alpha value is -2.83. The summed E-state index contributed by atoms with van der Waals surface area (Å²) < 4.78 is 11.0. The topological polar surface area (TPSA) is 88.0 Å². The monoisotopic (exact) mass is 353 g/mol. The molecular formula is C20H19NO5. The lowest BCUT2D eigenvalue weighted by Crippen LogP contribution is -2.46. The van der Waals surface area contributed by atoms with Gasteiger partial charge < -0.3 is 25.0 Å². The molecule has 0 aliphatic carbocycles. The number of carbonyl (C=O) groups is 1. The molecule has 2 heterocycles. The van der Waals surface area contributed by atoms with E-state index in [1.54, 1.807) is 7.11 Å². The van der Waals surface area contributed by atoms with Gasteiger partial charge in [0.15, 0.2) is 23.9 Å². The molecule has 2 aromatic carbocycles. The van der Waals surface area contributed by atoms with Gasteiger partial charge in [0.25, 0.3) is 0 Å². The Labute approximate surface area is 150 Å². The molecule has 0 saturated heterocycles. The average Bonchev–Trinajstić information content (AvgIpc) is 2.69. The van der Waals surface area contributed by atoms with E-state index < -0.39 is 24.6 Å². The van der Waals surface area contributed by atoms with E-state index in [2.05, 4.69) is 5.32 Å². The van der Waals surface area contributed by atoms with Crippen molar-refractivity contribution < 1.29 is 24.5 Å². The molecule has 0 bridgehead atoms. The summed E-state index contributed by atoms with van der Waals surface area (Å²) >= 11 is 0. The maximum Gasteiger partial charge on any atom is 0.199 e. The molecule has 134 valence electrons. The molecule has 4 rings (SSSR count). The summed E-state index contributed by atoms with van der Waals surface area (Å²) in [6.07, 6.45) is -2.39. The zero-order chi connectivity index (χ0) is 18.3. The first-order chi connectivity index (χ1) is 12.6. The Morgan fingerprint density at radius 2 is 1.96 bits per heavy atom.